The van der Waals surface area contributed by atoms with E-state index in [4.69, 9.17) is 0 Å². The molecular formula is C20H21NO3. The quantitative estimate of drug-likeness (QED) is 0.904. The molecule has 24 heavy (non-hydrogen) atoms. The molecule has 0 spiro atoms. The molecule has 0 heterocycles. The molecule has 2 aromatic carbocycles. The number of carbonyl (C=O) groups excluding carboxylic acids is 1. The molecule has 0 aromatic heterocycles. The van der Waals surface area contributed by atoms with Crippen molar-refractivity contribution in [2.75, 3.05) is 5.32 Å². The van der Waals surface area contributed by atoms with E-state index in [0.717, 1.165) is 12.8 Å². The SMILES string of the molecule is Cc1cc2c(cc1C)CC(C(=O)Nc1ccccc1C(=O)O)CC2. The van der Waals surface area contributed by atoms with Crippen LogP contribution in [0.15, 0.2) is 36.4 Å². The number of aryl methyl sites for hydroxylation is 3. The summed E-state index contributed by atoms with van der Waals surface area (Å²) in [5.74, 6) is -1.26. The molecule has 124 valence electrons. The predicted molar refractivity (Wildman–Crippen MR) is 93.5 cm³/mol. The Balaban J connectivity index is 1.77. The number of aromatic carboxylic acids is 1. The minimum Gasteiger partial charge on any atom is -0.478 e. The third-order valence-electron chi connectivity index (χ3n) is 4.83. The first kappa shape index (κ1) is 16.2. The average Bonchev–Trinajstić information content (AvgIpc) is 2.55. The Hall–Kier alpha value is -2.62. The molecule has 1 aliphatic rings. The van der Waals surface area contributed by atoms with Crippen molar-refractivity contribution in [2.45, 2.75) is 33.1 Å². The molecule has 1 aliphatic carbocycles. The molecule has 1 atom stereocenters. The normalized spacial score (nSPS) is 16.3. The maximum absolute atomic E-state index is 12.6. The highest BCUT2D eigenvalue weighted by Crippen LogP contribution is 2.29. The van der Waals surface area contributed by atoms with E-state index in [2.05, 4.69) is 31.3 Å². The zero-order valence-electron chi connectivity index (χ0n) is 13.9. The fraction of sp³-hybridized carbons (Fsp3) is 0.300. The fourth-order valence-electron chi connectivity index (χ4n) is 3.29. The predicted octanol–water partition coefficient (Wildman–Crippen LogP) is 3.75. The summed E-state index contributed by atoms with van der Waals surface area (Å²) in [5.41, 5.74) is 5.57. The van der Waals surface area contributed by atoms with Gasteiger partial charge < -0.3 is 10.4 Å². The fourth-order valence-corrected chi connectivity index (χ4v) is 3.29. The van der Waals surface area contributed by atoms with Crippen LogP contribution in [0, 0.1) is 19.8 Å². The molecule has 4 heteroatoms. The van der Waals surface area contributed by atoms with Crippen molar-refractivity contribution in [3.63, 3.8) is 0 Å². The van der Waals surface area contributed by atoms with Gasteiger partial charge in [-0.05, 0) is 67.5 Å². The molecule has 2 aromatic rings. The zero-order chi connectivity index (χ0) is 17.3. The Bertz CT molecular complexity index is 811. The van der Waals surface area contributed by atoms with Crippen molar-refractivity contribution >= 4 is 17.6 Å². The molecule has 0 bridgehead atoms. The van der Waals surface area contributed by atoms with Crippen molar-refractivity contribution in [3.8, 4) is 0 Å². The molecule has 3 rings (SSSR count). The number of rotatable bonds is 3. The lowest BCUT2D eigenvalue weighted by molar-refractivity contribution is -0.120. The van der Waals surface area contributed by atoms with Crippen molar-refractivity contribution in [3.05, 3.63) is 64.2 Å². The van der Waals surface area contributed by atoms with Crippen LogP contribution in [0.2, 0.25) is 0 Å². The molecule has 0 saturated heterocycles. The monoisotopic (exact) mass is 323 g/mol. The topological polar surface area (TPSA) is 66.4 Å². The first-order chi connectivity index (χ1) is 11.5. The van der Waals surface area contributed by atoms with Crippen LogP contribution in [0.4, 0.5) is 5.69 Å². The number of fused-ring (bicyclic) bond motifs is 1. The van der Waals surface area contributed by atoms with Crippen LogP contribution in [0.1, 0.15) is 39.0 Å². The van der Waals surface area contributed by atoms with Gasteiger partial charge in [0, 0.05) is 5.92 Å². The van der Waals surface area contributed by atoms with E-state index in [1.54, 1.807) is 18.2 Å². The van der Waals surface area contributed by atoms with Gasteiger partial charge in [0.25, 0.3) is 0 Å². The van der Waals surface area contributed by atoms with Crippen LogP contribution in [0.25, 0.3) is 0 Å². The Labute approximate surface area is 141 Å². The zero-order valence-corrected chi connectivity index (χ0v) is 13.9. The summed E-state index contributed by atoms with van der Waals surface area (Å²) in [5, 5.41) is 12.0. The molecule has 0 radical (unpaired) electrons. The van der Waals surface area contributed by atoms with Crippen LogP contribution < -0.4 is 5.32 Å². The van der Waals surface area contributed by atoms with Gasteiger partial charge in [-0.25, -0.2) is 4.79 Å². The van der Waals surface area contributed by atoms with E-state index in [1.807, 2.05) is 0 Å². The summed E-state index contributed by atoms with van der Waals surface area (Å²) >= 11 is 0. The third-order valence-corrected chi connectivity index (χ3v) is 4.83. The van der Waals surface area contributed by atoms with E-state index in [0.29, 0.717) is 12.1 Å². The Morgan fingerprint density at radius 3 is 2.46 bits per heavy atom. The van der Waals surface area contributed by atoms with E-state index in [9.17, 15) is 14.7 Å². The van der Waals surface area contributed by atoms with Gasteiger partial charge in [-0.15, -0.1) is 0 Å². The Morgan fingerprint density at radius 2 is 1.75 bits per heavy atom. The van der Waals surface area contributed by atoms with E-state index >= 15 is 0 Å². The summed E-state index contributed by atoms with van der Waals surface area (Å²) in [6, 6.07) is 10.9. The second-order valence-electron chi connectivity index (χ2n) is 6.48. The molecule has 0 fully saturated rings. The highest BCUT2D eigenvalue weighted by atomic mass is 16.4. The van der Waals surface area contributed by atoms with Gasteiger partial charge in [-0.3, -0.25) is 4.79 Å². The standard InChI is InChI=1S/C20H21NO3/c1-12-9-14-7-8-15(11-16(14)10-13(12)2)19(22)21-18-6-4-3-5-17(18)20(23)24/h3-6,9-10,15H,7-8,11H2,1-2H3,(H,21,22)(H,23,24). The summed E-state index contributed by atoms with van der Waals surface area (Å²) in [7, 11) is 0. The van der Waals surface area contributed by atoms with Gasteiger partial charge in [0.1, 0.15) is 0 Å². The molecule has 4 nitrogen and oxygen atoms in total. The summed E-state index contributed by atoms with van der Waals surface area (Å²) in [6.07, 6.45) is 2.38. The highest BCUT2D eigenvalue weighted by Gasteiger charge is 2.26. The number of carboxylic acid groups (broad SMARTS) is 1. The number of nitrogens with one attached hydrogen (secondary N) is 1. The molecule has 2 N–H and O–H groups in total. The lowest BCUT2D eigenvalue weighted by Crippen LogP contribution is -2.29. The molecular weight excluding hydrogens is 302 g/mol. The van der Waals surface area contributed by atoms with E-state index in [-0.39, 0.29) is 17.4 Å². The van der Waals surface area contributed by atoms with Crippen molar-refractivity contribution in [1.82, 2.24) is 0 Å². The van der Waals surface area contributed by atoms with Gasteiger partial charge in [0.05, 0.1) is 11.3 Å². The lowest BCUT2D eigenvalue weighted by Gasteiger charge is -2.25. The summed E-state index contributed by atoms with van der Waals surface area (Å²) in [4.78, 5) is 23.9. The maximum atomic E-state index is 12.6. The molecule has 1 amide bonds. The number of hydrogen-bond acceptors (Lipinski definition) is 2. The smallest absolute Gasteiger partial charge is 0.337 e. The minimum absolute atomic E-state index is 0.104. The highest BCUT2D eigenvalue weighted by molar-refractivity contribution is 6.01. The van der Waals surface area contributed by atoms with Crippen molar-refractivity contribution in [2.24, 2.45) is 5.92 Å². The van der Waals surface area contributed by atoms with Crippen molar-refractivity contribution in [1.29, 1.82) is 0 Å². The lowest BCUT2D eigenvalue weighted by atomic mass is 9.82. The summed E-state index contributed by atoms with van der Waals surface area (Å²) < 4.78 is 0. The molecule has 0 aliphatic heterocycles. The first-order valence-corrected chi connectivity index (χ1v) is 8.18. The van der Waals surface area contributed by atoms with Gasteiger partial charge >= 0.3 is 5.97 Å². The second kappa shape index (κ2) is 6.48. The van der Waals surface area contributed by atoms with Gasteiger partial charge in [-0.2, -0.15) is 0 Å². The molecule has 1 unspecified atom stereocenters. The second-order valence-corrected chi connectivity index (χ2v) is 6.48. The van der Waals surface area contributed by atoms with Crippen molar-refractivity contribution < 1.29 is 14.7 Å². The van der Waals surface area contributed by atoms with Crippen LogP contribution in [-0.2, 0) is 17.6 Å². The molecule has 0 saturated carbocycles. The first-order valence-electron chi connectivity index (χ1n) is 8.18. The maximum Gasteiger partial charge on any atom is 0.337 e. The third kappa shape index (κ3) is 3.18. The number of anilines is 1. The van der Waals surface area contributed by atoms with E-state index in [1.165, 1.54) is 28.3 Å². The number of carbonyl (C=O) groups is 2. The minimum atomic E-state index is -1.04. The number of carboxylic acids is 1. The summed E-state index contributed by atoms with van der Waals surface area (Å²) in [6.45, 7) is 4.19. The largest absolute Gasteiger partial charge is 0.478 e. The van der Waals surface area contributed by atoms with Crippen LogP contribution in [0.3, 0.4) is 0 Å². The number of hydrogen-bond donors (Lipinski definition) is 2. The number of para-hydroxylation sites is 1. The van der Waals surface area contributed by atoms with Gasteiger partial charge in [0.15, 0.2) is 0 Å². The number of amides is 1. The van der Waals surface area contributed by atoms with E-state index < -0.39 is 5.97 Å². The Morgan fingerprint density at radius 1 is 1.08 bits per heavy atom. The van der Waals surface area contributed by atoms with Crippen LogP contribution in [-0.4, -0.2) is 17.0 Å². The Kier molecular flexibility index (Phi) is 4.38. The van der Waals surface area contributed by atoms with Gasteiger partial charge in [0.2, 0.25) is 5.91 Å². The van der Waals surface area contributed by atoms with Crippen LogP contribution in [0.5, 0.6) is 0 Å². The number of benzene rings is 2. The van der Waals surface area contributed by atoms with Gasteiger partial charge in [-0.1, -0.05) is 24.3 Å². The van der Waals surface area contributed by atoms with Crippen LogP contribution >= 0.6 is 0 Å². The average molecular weight is 323 g/mol.